The molecule has 6 heteroatoms. The molecule has 1 aromatic heterocycles. The predicted octanol–water partition coefficient (Wildman–Crippen LogP) is 2.65. The molecule has 2 rings (SSSR count). The monoisotopic (exact) mass is 361 g/mol. The SMILES string of the molecule is CC(C)C(C)(CN)NC(=O)c1ccc(=O)n(Cc2ccccc2Cl)c1. The number of nitrogens with zero attached hydrogens (tertiary/aromatic N) is 1. The van der Waals surface area contributed by atoms with E-state index in [-0.39, 0.29) is 17.4 Å². The first kappa shape index (κ1) is 19.2. The van der Waals surface area contributed by atoms with E-state index in [1.807, 2.05) is 39.0 Å². The zero-order chi connectivity index (χ0) is 18.6. The number of nitrogens with one attached hydrogen (secondary N) is 1. The van der Waals surface area contributed by atoms with Crippen molar-refractivity contribution in [1.82, 2.24) is 9.88 Å². The summed E-state index contributed by atoms with van der Waals surface area (Å²) in [5.41, 5.74) is 6.34. The summed E-state index contributed by atoms with van der Waals surface area (Å²) in [5.74, 6) is -0.0787. The molecule has 1 amide bonds. The first-order valence-electron chi connectivity index (χ1n) is 8.23. The zero-order valence-electron chi connectivity index (χ0n) is 14.8. The van der Waals surface area contributed by atoms with E-state index in [2.05, 4.69) is 5.32 Å². The smallest absolute Gasteiger partial charge is 0.253 e. The fraction of sp³-hybridized carbons (Fsp3) is 0.368. The lowest BCUT2D eigenvalue weighted by molar-refractivity contribution is 0.0882. The molecule has 0 fully saturated rings. The average Bonchev–Trinajstić information content (AvgIpc) is 2.58. The van der Waals surface area contributed by atoms with E-state index in [4.69, 9.17) is 17.3 Å². The predicted molar refractivity (Wildman–Crippen MR) is 101 cm³/mol. The molecule has 0 saturated carbocycles. The number of amides is 1. The summed E-state index contributed by atoms with van der Waals surface area (Å²) >= 11 is 6.16. The number of halogens is 1. The average molecular weight is 362 g/mol. The Hall–Kier alpha value is -2.11. The van der Waals surface area contributed by atoms with E-state index in [0.29, 0.717) is 23.7 Å². The van der Waals surface area contributed by atoms with Crippen molar-refractivity contribution in [2.24, 2.45) is 11.7 Å². The Morgan fingerprint density at radius 3 is 2.56 bits per heavy atom. The number of benzene rings is 1. The third kappa shape index (κ3) is 4.50. The zero-order valence-corrected chi connectivity index (χ0v) is 15.5. The largest absolute Gasteiger partial charge is 0.345 e. The summed E-state index contributed by atoms with van der Waals surface area (Å²) in [7, 11) is 0. The van der Waals surface area contributed by atoms with Gasteiger partial charge in [-0.3, -0.25) is 9.59 Å². The number of carbonyl (C=O) groups excluding carboxylic acids is 1. The van der Waals surface area contributed by atoms with Crippen molar-refractivity contribution < 1.29 is 4.79 Å². The molecular formula is C19H24ClN3O2. The van der Waals surface area contributed by atoms with Gasteiger partial charge in [-0.1, -0.05) is 43.6 Å². The Morgan fingerprint density at radius 1 is 1.28 bits per heavy atom. The second-order valence-electron chi connectivity index (χ2n) is 6.71. The molecule has 134 valence electrons. The maximum Gasteiger partial charge on any atom is 0.253 e. The van der Waals surface area contributed by atoms with Gasteiger partial charge in [0.2, 0.25) is 0 Å². The maximum absolute atomic E-state index is 12.6. The summed E-state index contributed by atoms with van der Waals surface area (Å²) < 4.78 is 1.48. The molecule has 1 unspecified atom stereocenters. The summed E-state index contributed by atoms with van der Waals surface area (Å²) in [5, 5.41) is 3.56. The molecule has 1 atom stereocenters. The van der Waals surface area contributed by atoms with Gasteiger partial charge in [0.1, 0.15) is 0 Å². The molecule has 0 aliphatic carbocycles. The molecule has 0 aliphatic rings. The van der Waals surface area contributed by atoms with Gasteiger partial charge >= 0.3 is 0 Å². The van der Waals surface area contributed by atoms with Crippen LogP contribution in [0.3, 0.4) is 0 Å². The fourth-order valence-corrected chi connectivity index (χ4v) is 2.56. The number of rotatable bonds is 6. The van der Waals surface area contributed by atoms with Crippen molar-refractivity contribution in [2.45, 2.75) is 32.9 Å². The van der Waals surface area contributed by atoms with Crippen molar-refractivity contribution >= 4 is 17.5 Å². The topological polar surface area (TPSA) is 77.1 Å². The normalized spacial score (nSPS) is 13.5. The van der Waals surface area contributed by atoms with E-state index in [1.165, 1.54) is 16.7 Å². The van der Waals surface area contributed by atoms with Crippen LogP contribution in [-0.4, -0.2) is 22.6 Å². The molecule has 0 radical (unpaired) electrons. The molecule has 3 N–H and O–H groups in total. The van der Waals surface area contributed by atoms with Gasteiger partial charge in [0.15, 0.2) is 0 Å². The van der Waals surface area contributed by atoms with Crippen molar-refractivity contribution in [3.63, 3.8) is 0 Å². The van der Waals surface area contributed by atoms with E-state index in [1.54, 1.807) is 12.3 Å². The second kappa shape index (κ2) is 7.85. The highest BCUT2D eigenvalue weighted by Crippen LogP contribution is 2.17. The Morgan fingerprint density at radius 2 is 1.96 bits per heavy atom. The van der Waals surface area contributed by atoms with Crippen LogP contribution in [0.15, 0.2) is 47.4 Å². The number of aromatic nitrogens is 1. The Balaban J connectivity index is 2.28. The third-order valence-corrected chi connectivity index (χ3v) is 5.01. The third-order valence-electron chi connectivity index (χ3n) is 4.64. The minimum absolute atomic E-state index is 0.176. The van der Waals surface area contributed by atoms with Crippen molar-refractivity contribution in [1.29, 1.82) is 0 Å². The molecule has 0 aliphatic heterocycles. The fourth-order valence-electron chi connectivity index (χ4n) is 2.36. The van der Waals surface area contributed by atoms with Crippen LogP contribution in [-0.2, 0) is 6.54 Å². The van der Waals surface area contributed by atoms with Crippen LogP contribution in [0.25, 0.3) is 0 Å². The van der Waals surface area contributed by atoms with Gasteiger partial charge in [-0.25, -0.2) is 0 Å². The summed E-state index contributed by atoms with van der Waals surface area (Å²) in [4.78, 5) is 24.7. The lowest BCUT2D eigenvalue weighted by Gasteiger charge is -2.33. The standard InChI is InChI=1S/C19H24ClN3O2/c1-13(2)19(3,12-21)22-18(25)15-8-9-17(24)23(11-15)10-14-6-4-5-7-16(14)20/h4-9,11,13H,10,12,21H2,1-3H3,(H,22,25). The van der Waals surface area contributed by atoms with E-state index < -0.39 is 5.54 Å². The second-order valence-corrected chi connectivity index (χ2v) is 7.11. The number of hydrogen-bond acceptors (Lipinski definition) is 3. The molecule has 5 nitrogen and oxygen atoms in total. The van der Waals surface area contributed by atoms with E-state index in [0.717, 1.165) is 5.56 Å². The van der Waals surface area contributed by atoms with E-state index in [9.17, 15) is 9.59 Å². The highest BCUT2D eigenvalue weighted by molar-refractivity contribution is 6.31. The number of pyridine rings is 1. The van der Waals surface area contributed by atoms with Gasteiger partial charge in [0.25, 0.3) is 11.5 Å². The van der Waals surface area contributed by atoms with Gasteiger partial charge in [0.05, 0.1) is 17.6 Å². The van der Waals surface area contributed by atoms with Gasteiger partial charge < -0.3 is 15.6 Å². The molecule has 0 saturated heterocycles. The minimum atomic E-state index is -0.513. The molecule has 0 bridgehead atoms. The van der Waals surface area contributed by atoms with E-state index >= 15 is 0 Å². The highest BCUT2D eigenvalue weighted by atomic mass is 35.5. The molecule has 1 aromatic carbocycles. The Kier molecular flexibility index (Phi) is 6.03. The quantitative estimate of drug-likeness (QED) is 0.830. The van der Waals surface area contributed by atoms with Gasteiger partial charge in [-0.15, -0.1) is 0 Å². The van der Waals surface area contributed by atoms with Gasteiger partial charge in [0, 0.05) is 23.8 Å². The van der Waals surface area contributed by atoms with Crippen LogP contribution >= 0.6 is 11.6 Å². The minimum Gasteiger partial charge on any atom is -0.345 e. The van der Waals surface area contributed by atoms with Crippen molar-refractivity contribution in [3.05, 3.63) is 69.1 Å². The first-order valence-corrected chi connectivity index (χ1v) is 8.61. The van der Waals surface area contributed by atoms with Crippen molar-refractivity contribution in [2.75, 3.05) is 6.54 Å². The Labute approximate surface area is 152 Å². The summed E-state index contributed by atoms with van der Waals surface area (Å²) in [6, 6.07) is 10.2. The molecular weight excluding hydrogens is 338 g/mol. The number of carbonyl (C=O) groups is 1. The van der Waals surface area contributed by atoms with Crippen LogP contribution in [0.1, 0.15) is 36.7 Å². The highest BCUT2D eigenvalue weighted by Gasteiger charge is 2.29. The van der Waals surface area contributed by atoms with Crippen LogP contribution in [0.2, 0.25) is 5.02 Å². The first-order chi connectivity index (χ1) is 11.8. The molecule has 25 heavy (non-hydrogen) atoms. The molecule has 2 aromatic rings. The van der Waals surface area contributed by atoms with Crippen molar-refractivity contribution in [3.8, 4) is 0 Å². The molecule has 0 spiro atoms. The maximum atomic E-state index is 12.6. The Bertz CT molecular complexity index is 816. The van der Waals surface area contributed by atoms with Gasteiger partial charge in [-0.05, 0) is 30.5 Å². The lowest BCUT2D eigenvalue weighted by atomic mass is 9.88. The summed E-state index contributed by atoms with van der Waals surface area (Å²) in [6.45, 7) is 6.56. The number of nitrogens with two attached hydrogens (primary N) is 1. The van der Waals surface area contributed by atoms with Gasteiger partial charge in [-0.2, -0.15) is 0 Å². The lowest BCUT2D eigenvalue weighted by Crippen LogP contribution is -2.55. The number of hydrogen-bond donors (Lipinski definition) is 2. The molecule has 1 heterocycles. The van der Waals surface area contributed by atoms with Crippen LogP contribution in [0.4, 0.5) is 0 Å². The van der Waals surface area contributed by atoms with Crippen LogP contribution in [0, 0.1) is 5.92 Å². The van der Waals surface area contributed by atoms with Crippen LogP contribution in [0.5, 0.6) is 0 Å². The summed E-state index contributed by atoms with van der Waals surface area (Å²) in [6.07, 6.45) is 1.55. The van der Waals surface area contributed by atoms with Crippen LogP contribution < -0.4 is 16.6 Å².